The van der Waals surface area contributed by atoms with Crippen LogP contribution in [0.5, 0.6) is 5.75 Å². The summed E-state index contributed by atoms with van der Waals surface area (Å²) in [6.07, 6.45) is 0.541. The Hall–Kier alpha value is -2.36. The Kier molecular flexibility index (Phi) is 3.57. The van der Waals surface area contributed by atoms with E-state index in [1.165, 1.54) is 6.07 Å². The molecule has 0 bridgehead atoms. The monoisotopic (exact) mass is 243 g/mol. The van der Waals surface area contributed by atoms with Crippen molar-refractivity contribution in [2.75, 3.05) is 6.61 Å². The summed E-state index contributed by atoms with van der Waals surface area (Å²) < 4.78 is 5.39. The zero-order chi connectivity index (χ0) is 13.0. The molecule has 2 aromatic rings. The van der Waals surface area contributed by atoms with E-state index in [-0.39, 0.29) is 11.1 Å². The summed E-state index contributed by atoms with van der Waals surface area (Å²) in [4.78, 5) is 24.8. The van der Waals surface area contributed by atoms with Gasteiger partial charge < -0.3 is 9.72 Å². The van der Waals surface area contributed by atoms with Crippen LogP contribution in [0, 0.1) is 0 Å². The number of hydrogen-bond donors (Lipinski definition) is 1. The number of nitrogens with one attached hydrogen (secondary N) is 1. The molecular formula is C14H13NO3. The number of pyridine rings is 1. The molecule has 1 heterocycles. The number of carbonyl (C=O) groups excluding carboxylic acids is 1. The molecule has 1 aromatic carbocycles. The first-order chi connectivity index (χ1) is 8.74. The van der Waals surface area contributed by atoms with Crippen LogP contribution in [0.4, 0.5) is 0 Å². The van der Waals surface area contributed by atoms with E-state index in [9.17, 15) is 9.59 Å². The molecule has 0 saturated heterocycles. The highest BCUT2D eigenvalue weighted by molar-refractivity contribution is 5.75. The minimum Gasteiger partial charge on any atom is -0.494 e. The van der Waals surface area contributed by atoms with Crippen LogP contribution >= 0.6 is 0 Å². The van der Waals surface area contributed by atoms with Gasteiger partial charge in [-0.1, -0.05) is 12.1 Å². The van der Waals surface area contributed by atoms with Crippen LogP contribution in [0.3, 0.4) is 0 Å². The topological polar surface area (TPSA) is 59.2 Å². The molecule has 92 valence electrons. The zero-order valence-electron chi connectivity index (χ0n) is 9.97. The maximum absolute atomic E-state index is 11.5. The Balaban J connectivity index is 2.42. The molecule has 0 aliphatic heterocycles. The number of aldehydes is 1. The van der Waals surface area contributed by atoms with E-state index in [2.05, 4.69) is 4.98 Å². The van der Waals surface area contributed by atoms with Crippen LogP contribution in [0.25, 0.3) is 11.3 Å². The van der Waals surface area contributed by atoms with Crippen molar-refractivity contribution in [1.82, 2.24) is 4.98 Å². The number of aromatic amines is 1. The lowest BCUT2D eigenvalue weighted by Crippen LogP contribution is -2.11. The zero-order valence-corrected chi connectivity index (χ0v) is 9.97. The van der Waals surface area contributed by atoms with E-state index in [1.807, 2.05) is 31.2 Å². The third-order valence-corrected chi connectivity index (χ3v) is 2.52. The number of rotatable bonds is 4. The largest absolute Gasteiger partial charge is 0.494 e. The molecular weight excluding hydrogens is 230 g/mol. The van der Waals surface area contributed by atoms with Crippen molar-refractivity contribution >= 4 is 6.29 Å². The van der Waals surface area contributed by atoms with Gasteiger partial charge in [0.1, 0.15) is 5.75 Å². The highest BCUT2D eigenvalue weighted by Crippen LogP contribution is 2.21. The van der Waals surface area contributed by atoms with Crippen LogP contribution in [0.15, 0.2) is 41.2 Å². The predicted octanol–water partition coefficient (Wildman–Crippen LogP) is 2.25. The van der Waals surface area contributed by atoms with Crippen molar-refractivity contribution in [3.05, 3.63) is 52.3 Å². The van der Waals surface area contributed by atoms with E-state index in [0.29, 0.717) is 18.6 Å². The Morgan fingerprint density at radius 2 is 2.11 bits per heavy atom. The number of aromatic nitrogens is 1. The van der Waals surface area contributed by atoms with Gasteiger partial charge in [0, 0.05) is 11.3 Å². The second-order valence-electron chi connectivity index (χ2n) is 3.74. The molecule has 0 aliphatic carbocycles. The van der Waals surface area contributed by atoms with E-state index in [0.717, 1.165) is 11.3 Å². The molecule has 2 rings (SSSR count). The van der Waals surface area contributed by atoms with Crippen LogP contribution in [-0.4, -0.2) is 17.9 Å². The van der Waals surface area contributed by atoms with E-state index >= 15 is 0 Å². The first kappa shape index (κ1) is 12.1. The first-order valence-corrected chi connectivity index (χ1v) is 5.66. The van der Waals surface area contributed by atoms with Crippen LogP contribution < -0.4 is 10.3 Å². The fraction of sp³-hybridized carbons (Fsp3) is 0.143. The fourth-order valence-corrected chi connectivity index (χ4v) is 1.67. The molecule has 0 unspecified atom stereocenters. The van der Waals surface area contributed by atoms with Crippen molar-refractivity contribution in [1.29, 1.82) is 0 Å². The van der Waals surface area contributed by atoms with Crippen molar-refractivity contribution in [2.24, 2.45) is 0 Å². The lowest BCUT2D eigenvalue weighted by Gasteiger charge is -2.06. The summed E-state index contributed by atoms with van der Waals surface area (Å²) in [6.45, 7) is 2.50. The standard InChI is InChI=1S/C14H13NO3/c1-2-18-12-5-3-4-10(8-12)13-7-6-11(9-16)14(17)15-13/h3-9H,2H2,1H3,(H,15,17). The molecule has 4 nitrogen and oxygen atoms in total. The van der Waals surface area contributed by atoms with Gasteiger partial charge in [0.2, 0.25) is 0 Å². The van der Waals surface area contributed by atoms with Gasteiger partial charge in [-0.25, -0.2) is 0 Å². The quantitative estimate of drug-likeness (QED) is 0.838. The summed E-state index contributed by atoms with van der Waals surface area (Å²) in [7, 11) is 0. The van der Waals surface area contributed by atoms with Crippen molar-refractivity contribution in [3.63, 3.8) is 0 Å². The third-order valence-electron chi connectivity index (χ3n) is 2.52. The summed E-state index contributed by atoms with van der Waals surface area (Å²) >= 11 is 0. The van der Waals surface area contributed by atoms with Gasteiger partial charge in [0.15, 0.2) is 6.29 Å². The molecule has 0 saturated carbocycles. The van der Waals surface area contributed by atoms with E-state index < -0.39 is 0 Å². The lowest BCUT2D eigenvalue weighted by molar-refractivity contribution is 0.112. The Morgan fingerprint density at radius 1 is 1.28 bits per heavy atom. The van der Waals surface area contributed by atoms with Gasteiger partial charge in [-0.15, -0.1) is 0 Å². The molecule has 4 heteroatoms. The molecule has 1 aromatic heterocycles. The second-order valence-corrected chi connectivity index (χ2v) is 3.74. The minimum absolute atomic E-state index is 0.125. The van der Waals surface area contributed by atoms with Crippen molar-refractivity contribution in [3.8, 4) is 17.0 Å². The maximum atomic E-state index is 11.5. The molecule has 0 amide bonds. The molecule has 0 spiro atoms. The van der Waals surface area contributed by atoms with Gasteiger partial charge in [0.25, 0.3) is 5.56 Å². The number of H-pyrrole nitrogens is 1. The van der Waals surface area contributed by atoms with Crippen molar-refractivity contribution < 1.29 is 9.53 Å². The molecule has 18 heavy (non-hydrogen) atoms. The molecule has 0 radical (unpaired) electrons. The maximum Gasteiger partial charge on any atom is 0.258 e. The highest BCUT2D eigenvalue weighted by Gasteiger charge is 2.03. The van der Waals surface area contributed by atoms with Gasteiger partial charge in [-0.2, -0.15) is 0 Å². The summed E-state index contributed by atoms with van der Waals surface area (Å²) in [6, 6.07) is 10.6. The Bertz CT molecular complexity index is 616. The highest BCUT2D eigenvalue weighted by atomic mass is 16.5. The smallest absolute Gasteiger partial charge is 0.258 e. The number of carbonyl (C=O) groups is 1. The predicted molar refractivity (Wildman–Crippen MR) is 69.1 cm³/mol. The summed E-state index contributed by atoms with van der Waals surface area (Å²) in [5.74, 6) is 0.746. The number of benzene rings is 1. The minimum atomic E-state index is -0.385. The normalized spacial score (nSPS) is 10.1. The van der Waals surface area contributed by atoms with Gasteiger partial charge in [-0.3, -0.25) is 9.59 Å². The Morgan fingerprint density at radius 3 is 2.78 bits per heavy atom. The van der Waals surface area contributed by atoms with Crippen molar-refractivity contribution in [2.45, 2.75) is 6.92 Å². The Labute approximate surface area is 104 Å². The van der Waals surface area contributed by atoms with Crippen LogP contribution in [0.1, 0.15) is 17.3 Å². The first-order valence-electron chi connectivity index (χ1n) is 5.66. The summed E-state index contributed by atoms with van der Waals surface area (Å²) in [5, 5.41) is 0. The van der Waals surface area contributed by atoms with E-state index in [4.69, 9.17) is 4.74 Å². The van der Waals surface area contributed by atoms with Gasteiger partial charge in [0.05, 0.1) is 12.2 Å². The SMILES string of the molecule is CCOc1cccc(-c2ccc(C=O)c(=O)[nH]2)c1. The average molecular weight is 243 g/mol. The molecule has 0 aliphatic rings. The van der Waals surface area contributed by atoms with Gasteiger partial charge >= 0.3 is 0 Å². The average Bonchev–Trinajstić information content (AvgIpc) is 2.39. The lowest BCUT2D eigenvalue weighted by atomic mass is 10.1. The van der Waals surface area contributed by atoms with E-state index in [1.54, 1.807) is 6.07 Å². The second kappa shape index (κ2) is 5.31. The molecule has 0 atom stereocenters. The number of hydrogen-bond acceptors (Lipinski definition) is 3. The van der Waals surface area contributed by atoms with Crippen LogP contribution in [-0.2, 0) is 0 Å². The van der Waals surface area contributed by atoms with Gasteiger partial charge in [-0.05, 0) is 31.2 Å². The number of ether oxygens (including phenoxy) is 1. The molecule has 0 fully saturated rings. The van der Waals surface area contributed by atoms with Crippen LogP contribution in [0.2, 0.25) is 0 Å². The molecule has 1 N–H and O–H groups in total. The fourth-order valence-electron chi connectivity index (χ4n) is 1.67. The summed E-state index contributed by atoms with van der Waals surface area (Å²) in [5.41, 5.74) is 1.24. The third kappa shape index (κ3) is 2.48.